The van der Waals surface area contributed by atoms with Gasteiger partial charge in [0, 0.05) is 18.3 Å². The SMILES string of the molecule is Cn1cc(C#N)c(NC(=O)Nc2cc(Cl)ccc2Cl)n1. The van der Waals surface area contributed by atoms with Gasteiger partial charge in [0.25, 0.3) is 0 Å². The van der Waals surface area contributed by atoms with Gasteiger partial charge in [0.15, 0.2) is 5.82 Å². The first kappa shape index (κ1) is 14.2. The summed E-state index contributed by atoms with van der Waals surface area (Å²) in [5.74, 6) is 0.172. The molecule has 0 saturated carbocycles. The number of nitrogens with zero attached hydrogens (tertiary/aromatic N) is 3. The number of benzene rings is 1. The summed E-state index contributed by atoms with van der Waals surface area (Å²) in [6.45, 7) is 0. The highest BCUT2D eigenvalue weighted by molar-refractivity contribution is 6.35. The van der Waals surface area contributed by atoms with Crippen molar-refractivity contribution in [2.75, 3.05) is 10.6 Å². The molecule has 2 amide bonds. The minimum atomic E-state index is -0.565. The number of halogens is 2. The van der Waals surface area contributed by atoms with E-state index in [9.17, 15) is 4.79 Å². The van der Waals surface area contributed by atoms with Crippen LogP contribution in [0.25, 0.3) is 0 Å². The Morgan fingerprint density at radius 2 is 2.15 bits per heavy atom. The third-order valence-corrected chi connectivity index (χ3v) is 2.92. The van der Waals surface area contributed by atoms with E-state index in [1.807, 2.05) is 6.07 Å². The number of aryl methyl sites for hydroxylation is 1. The molecule has 102 valence electrons. The molecular weight excluding hydrogens is 301 g/mol. The predicted molar refractivity (Wildman–Crippen MR) is 77.0 cm³/mol. The summed E-state index contributed by atoms with van der Waals surface area (Å²) < 4.78 is 1.43. The lowest BCUT2D eigenvalue weighted by Crippen LogP contribution is -2.20. The van der Waals surface area contributed by atoms with Crippen molar-refractivity contribution in [1.82, 2.24) is 9.78 Å². The summed E-state index contributed by atoms with van der Waals surface area (Å²) in [5.41, 5.74) is 0.631. The van der Waals surface area contributed by atoms with Crippen molar-refractivity contribution in [3.8, 4) is 6.07 Å². The number of rotatable bonds is 2. The Hall–Kier alpha value is -2.23. The van der Waals surface area contributed by atoms with Crippen molar-refractivity contribution < 1.29 is 4.79 Å². The van der Waals surface area contributed by atoms with Crippen molar-refractivity contribution in [3.05, 3.63) is 40.0 Å². The van der Waals surface area contributed by atoms with Gasteiger partial charge in [-0.05, 0) is 18.2 Å². The van der Waals surface area contributed by atoms with Crippen molar-refractivity contribution in [3.63, 3.8) is 0 Å². The zero-order valence-electron chi connectivity index (χ0n) is 10.3. The zero-order chi connectivity index (χ0) is 14.7. The summed E-state index contributed by atoms with van der Waals surface area (Å²) in [7, 11) is 1.65. The molecule has 0 unspecified atom stereocenters. The molecule has 0 aliphatic rings. The van der Waals surface area contributed by atoms with Gasteiger partial charge < -0.3 is 5.32 Å². The average molecular weight is 310 g/mol. The molecule has 0 atom stereocenters. The number of amides is 2. The molecule has 0 aliphatic heterocycles. The van der Waals surface area contributed by atoms with Crippen LogP contribution >= 0.6 is 23.2 Å². The Morgan fingerprint density at radius 1 is 1.40 bits per heavy atom. The summed E-state index contributed by atoms with van der Waals surface area (Å²) in [6.07, 6.45) is 1.50. The van der Waals surface area contributed by atoms with E-state index in [4.69, 9.17) is 28.5 Å². The van der Waals surface area contributed by atoms with E-state index >= 15 is 0 Å². The third kappa shape index (κ3) is 3.20. The predicted octanol–water partition coefficient (Wildman–Crippen LogP) is 3.24. The number of nitriles is 1. The average Bonchev–Trinajstić information content (AvgIpc) is 2.74. The Balaban J connectivity index is 2.13. The molecule has 0 fully saturated rings. The molecular formula is C12H9Cl2N5O. The van der Waals surface area contributed by atoms with Gasteiger partial charge in [-0.3, -0.25) is 10.00 Å². The molecule has 2 aromatic rings. The normalized spacial score (nSPS) is 9.90. The Labute approximate surface area is 124 Å². The maximum Gasteiger partial charge on any atom is 0.324 e. The second kappa shape index (κ2) is 5.82. The van der Waals surface area contributed by atoms with E-state index in [2.05, 4.69) is 15.7 Å². The Morgan fingerprint density at radius 3 is 2.85 bits per heavy atom. The second-order valence-electron chi connectivity index (χ2n) is 3.88. The number of anilines is 2. The third-order valence-electron chi connectivity index (χ3n) is 2.36. The van der Waals surface area contributed by atoms with Crippen LogP contribution in [0.2, 0.25) is 10.0 Å². The van der Waals surface area contributed by atoms with Crippen LogP contribution in [-0.2, 0) is 7.05 Å². The van der Waals surface area contributed by atoms with Crippen LogP contribution in [0.15, 0.2) is 24.4 Å². The smallest absolute Gasteiger partial charge is 0.306 e. The van der Waals surface area contributed by atoms with E-state index in [-0.39, 0.29) is 11.4 Å². The van der Waals surface area contributed by atoms with E-state index < -0.39 is 6.03 Å². The van der Waals surface area contributed by atoms with Gasteiger partial charge in [0.2, 0.25) is 0 Å². The van der Waals surface area contributed by atoms with Crippen LogP contribution in [0.1, 0.15) is 5.56 Å². The van der Waals surface area contributed by atoms with Gasteiger partial charge in [0.1, 0.15) is 11.6 Å². The first-order chi connectivity index (χ1) is 9.49. The van der Waals surface area contributed by atoms with Crippen LogP contribution in [0, 0.1) is 11.3 Å². The number of aromatic nitrogens is 2. The molecule has 0 saturated heterocycles. The topological polar surface area (TPSA) is 82.7 Å². The highest BCUT2D eigenvalue weighted by Gasteiger charge is 2.12. The van der Waals surface area contributed by atoms with E-state index in [1.165, 1.54) is 16.9 Å². The lowest BCUT2D eigenvalue weighted by atomic mass is 10.3. The van der Waals surface area contributed by atoms with E-state index in [0.29, 0.717) is 15.7 Å². The molecule has 2 N–H and O–H groups in total. The molecule has 6 nitrogen and oxygen atoms in total. The number of urea groups is 1. The van der Waals surface area contributed by atoms with Crippen LogP contribution in [-0.4, -0.2) is 15.8 Å². The van der Waals surface area contributed by atoms with E-state index in [1.54, 1.807) is 19.2 Å². The fraction of sp³-hybridized carbons (Fsp3) is 0.0833. The fourth-order valence-electron chi connectivity index (χ4n) is 1.52. The molecule has 1 heterocycles. The molecule has 0 bridgehead atoms. The summed E-state index contributed by atoms with van der Waals surface area (Å²) in [4.78, 5) is 11.8. The highest BCUT2D eigenvalue weighted by atomic mass is 35.5. The Bertz CT molecular complexity index is 698. The summed E-state index contributed by atoms with van der Waals surface area (Å²) in [6, 6.07) is 6.07. The van der Waals surface area contributed by atoms with E-state index in [0.717, 1.165) is 0 Å². The first-order valence-corrected chi connectivity index (χ1v) is 6.22. The molecule has 1 aromatic heterocycles. The number of nitrogens with one attached hydrogen (secondary N) is 2. The number of carbonyl (C=O) groups excluding carboxylic acids is 1. The molecule has 0 aliphatic carbocycles. The van der Waals surface area contributed by atoms with Gasteiger partial charge in [0.05, 0.1) is 10.7 Å². The van der Waals surface area contributed by atoms with Crippen molar-refractivity contribution in [2.24, 2.45) is 7.05 Å². The lowest BCUT2D eigenvalue weighted by Gasteiger charge is -2.08. The number of carbonyl (C=O) groups is 1. The summed E-state index contributed by atoms with van der Waals surface area (Å²) >= 11 is 11.8. The highest BCUT2D eigenvalue weighted by Crippen LogP contribution is 2.25. The quantitative estimate of drug-likeness (QED) is 0.893. The lowest BCUT2D eigenvalue weighted by molar-refractivity contribution is 0.262. The van der Waals surface area contributed by atoms with Gasteiger partial charge >= 0.3 is 6.03 Å². The van der Waals surface area contributed by atoms with Crippen molar-refractivity contribution in [2.45, 2.75) is 0 Å². The zero-order valence-corrected chi connectivity index (χ0v) is 11.8. The molecule has 0 spiro atoms. The minimum Gasteiger partial charge on any atom is -0.306 e. The standard InChI is InChI=1S/C12H9Cl2N5O/c1-19-6-7(5-15)11(18-19)17-12(20)16-10-4-8(13)2-3-9(10)14/h2-4,6H,1H3,(H2,16,17,18,20). The molecule has 1 aromatic carbocycles. The van der Waals surface area contributed by atoms with Crippen LogP contribution < -0.4 is 10.6 Å². The maximum absolute atomic E-state index is 11.8. The van der Waals surface area contributed by atoms with Crippen LogP contribution in [0.4, 0.5) is 16.3 Å². The second-order valence-corrected chi connectivity index (χ2v) is 4.72. The monoisotopic (exact) mass is 309 g/mol. The fourth-order valence-corrected chi connectivity index (χ4v) is 1.85. The largest absolute Gasteiger partial charge is 0.324 e. The van der Waals surface area contributed by atoms with Crippen LogP contribution in [0.5, 0.6) is 0 Å². The molecule has 0 radical (unpaired) electrons. The van der Waals surface area contributed by atoms with Gasteiger partial charge in [-0.15, -0.1) is 0 Å². The summed E-state index contributed by atoms with van der Waals surface area (Å²) in [5, 5.41) is 18.7. The molecule has 8 heteroatoms. The molecule has 20 heavy (non-hydrogen) atoms. The first-order valence-electron chi connectivity index (χ1n) is 5.46. The Kier molecular flexibility index (Phi) is 4.13. The van der Waals surface area contributed by atoms with Crippen LogP contribution in [0.3, 0.4) is 0 Å². The molecule has 2 rings (SSSR count). The minimum absolute atomic E-state index is 0.172. The maximum atomic E-state index is 11.8. The number of hydrogen-bond donors (Lipinski definition) is 2. The van der Waals surface area contributed by atoms with Gasteiger partial charge in [-0.1, -0.05) is 23.2 Å². The van der Waals surface area contributed by atoms with Crippen molar-refractivity contribution in [1.29, 1.82) is 5.26 Å². The number of hydrogen-bond acceptors (Lipinski definition) is 3. The van der Waals surface area contributed by atoms with Gasteiger partial charge in [-0.2, -0.15) is 10.4 Å². The van der Waals surface area contributed by atoms with Crippen molar-refractivity contribution >= 4 is 40.7 Å². The van der Waals surface area contributed by atoms with Gasteiger partial charge in [-0.25, -0.2) is 4.79 Å².